The van der Waals surface area contributed by atoms with Crippen LogP contribution >= 0.6 is 0 Å². The number of hydrogen-bond donors (Lipinski definition) is 2. The molecule has 0 aromatic rings. The van der Waals surface area contributed by atoms with Crippen molar-refractivity contribution in [3.05, 3.63) is 0 Å². The fraction of sp³-hybridized carbons (Fsp3) is 1.00. The molecule has 0 bridgehead atoms. The highest BCUT2D eigenvalue weighted by Gasteiger charge is 2.35. The second-order valence-electron chi connectivity index (χ2n) is 4.01. The summed E-state index contributed by atoms with van der Waals surface area (Å²) < 4.78 is 0. The van der Waals surface area contributed by atoms with Gasteiger partial charge in [0.15, 0.2) is 0 Å². The summed E-state index contributed by atoms with van der Waals surface area (Å²) in [5, 5.41) is 9.73. The van der Waals surface area contributed by atoms with E-state index < -0.39 is 5.60 Å². The van der Waals surface area contributed by atoms with Crippen molar-refractivity contribution >= 4 is 0 Å². The van der Waals surface area contributed by atoms with Crippen molar-refractivity contribution in [3.8, 4) is 0 Å². The zero-order valence-electron chi connectivity index (χ0n) is 7.51. The van der Waals surface area contributed by atoms with Gasteiger partial charge in [0.25, 0.3) is 0 Å². The van der Waals surface area contributed by atoms with Gasteiger partial charge >= 0.3 is 0 Å². The fourth-order valence-electron chi connectivity index (χ4n) is 1.78. The first-order valence-electron chi connectivity index (χ1n) is 4.54. The average molecular weight is 157 g/mol. The van der Waals surface area contributed by atoms with E-state index in [0.29, 0.717) is 0 Å². The maximum absolute atomic E-state index is 9.73. The van der Waals surface area contributed by atoms with E-state index in [1.54, 1.807) is 0 Å². The molecule has 1 aliphatic rings. The average Bonchev–Trinajstić information content (AvgIpc) is 1.95. The second kappa shape index (κ2) is 3.11. The van der Waals surface area contributed by atoms with E-state index in [-0.39, 0.29) is 6.04 Å². The summed E-state index contributed by atoms with van der Waals surface area (Å²) in [5.74, 6) is 0.741. The lowest BCUT2D eigenvalue weighted by Crippen LogP contribution is -2.49. The molecule has 2 heteroatoms. The molecule has 66 valence electrons. The predicted molar refractivity (Wildman–Crippen MR) is 46.2 cm³/mol. The van der Waals surface area contributed by atoms with Gasteiger partial charge in [-0.3, -0.25) is 0 Å². The first kappa shape index (κ1) is 9.01. The molecule has 1 aliphatic carbocycles. The molecule has 1 saturated carbocycles. The van der Waals surface area contributed by atoms with Crippen molar-refractivity contribution in [3.63, 3.8) is 0 Å². The molecule has 0 heterocycles. The summed E-state index contributed by atoms with van der Waals surface area (Å²) in [6.45, 7) is 4.04. The van der Waals surface area contributed by atoms with Crippen LogP contribution in [0.2, 0.25) is 0 Å². The lowest BCUT2D eigenvalue weighted by molar-refractivity contribution is -0.0114. The van der Waals surface area contributed by atoms with Crippen molar-refractivity contribution in [2.45, 2.75) is 51.2 Å². The van der Waals surface area contributed by atoms with Crippen LogP contribution in [0.4, 0.5) is 0 Å². The third-order valence-electron chi connectivity index (χ3n) is 3.02. The van der Waals surface area contributed by atoms with Crippen LogP contribution in [-0.4, -0.2) is 16.7 Å². The second-order valence-corrected chi connectivity index (χ2v) is 4.01. The molecule has 0 aromatic heterocycles. The van der Waals surface area contributed by atoms with Crippen LogP contribution in [0.5, 0.6) is 0 Å². The molecule has 0 saturated heterocycles. The Hall–Kier alpha value is -0.0800. The lowest BCUT2D eigenvalue weighted by Gasteiger charge is -2.38. The minimum Gasteiger partial charge on any atom is -0.389 e. The van der Waals surface area contributed by atoms with Gasteiger partial charge in [-0.2, -0.15) is 0 Å². The molecule has 0 amide bonds. The first-order chi connectivity index (χ1) is 5.06. The van der Waals surface area contributed by atoms with Gasteiger partial charge in [-0.1, -0.05) is 13.3 Å². The molecule has 1 rings (SSSR count). The Morgan fingerprint density at radius 2 is 2.27 bits per heavy atom. The molecule has 3 N–H and O–H groups in total. The maximum atomic E-state index is 9.73. The SMILES string of the molecule is CCC1CCC(C)(O)C(N)C1. The van der Waals surface area contributed by atoms with Crippen LogP contribution < -0.4 is 5.73 Å². The van der Waals surface area contributed by atoms with Crippen molar-refractivity contribution in [2.24, 2.45) is 11.7 Å². The molecular formula is C9H19NO. The highest BCUT2D eigenvalue weighted by molar-refractivity contribution is 4.91. The molecule has 0 spiro atoms. The molecular weight excluding hydrogens is 138 g/mol. The largest absolute Gasteiger partial charge is 0.389 e. The molecule has 3 atom stereocenters. The summed E-state index contributed by atoms with van der Waals surface area (Å²) in [4.78, 5) is 0. The Kier molecular flexibility index (Phi) is 2.55. The van der Waals surface area contributed by atoms with Crippen molar-refractivity contribution in [1.29, 1.82) is 0 Å². The van der Waals surface area contributed by atoms with Crippen LogP contribution in [0.3, 0.4) is 0 Å². The molecule has 2 nitrogen and oxygen atoms in total. The predicted octanol–water partition coefficient (Wildman–Crippen LogP) is 1.27. The number of aliphatic hydroxyl groups is 1. The Labute approximate surface area is 68.8 Å². The van der Waals surface area contributed by atoms with Gasteiger partial charge < -0.3 is 10.8 Å². The van der Waals surface area contributed by atoms with Gasteiger partial charge in [-0.25, -0.2) is 0 Å². The van der Waals surface area contributed by atoms with E-state index in [1.807, 2.05) is 6.92 Å². The highest BCUT2D eigenvalue weighted by atomic mass is 16.3. The highest BCUT2D eigenvalue weighted by Crippen LogP contribution is 2.32. The van der Waals surface area contributed by atoms with E-state index in [2.05, 4.69) is 6.92 Å². The standard InChI is InChI=1S/C9H19NO/c1-3-7-4-5-9(2,11)8(10)6-7/h7-8,11H,3-6,10H2,1-2H3. The zero-order valence-corrected chi connectivity index (χ0v) is 7.51. The molecule has 3 unspecified atom stereocenters. The van der Waals surface area contributed by atoms with E-state index in [4.69, 9.17) is 5.73 Å². The quantitative estimate of drug-likeness (QED) is 0.602. The number of hydrogen-bond acceptors (Lipinski definition) is 2. The Balaban J connectivity index is 2.48. The van der Waals surface area contributed by atoms with Gasteiger partial charge in [-0.05, 0) is 32.1 Å². The maximum Gasteiger partial charge on any atom is 0.0770 e. The third-order valence-corrected chi connectivity index (χ3v) is 3.02. The van der Waals surface area contributed by atoms with Gasteiger partial charge in [-0.15, -0.1) is 0 Å². The summed E-state index contributed by atoms with van der Waals surface area (Å²) in [7, 11) is 0. The van der Waals surface area contributed by atoms with Gasteiger partial charge in [0, 0.05) is 6.04 Å². The first-order valence-corrected chi connectivity index (χ1v) is 4.54. The number of rotatable bonds is 1. The minimum atomic E-state index is -0.605. The van der Waals surface area contributed by atoms with Gasteiger partial charge in [0.05, 0.1) is 5.60 Å². The van der Waals surface area contributed by atoms with Crippen LogP contribution in [0.25, 0.3) is 0 Å². The van der Waals surface area contributed by atoms with Crippen LogP contribution in [0.1, 0.15) is 39.5 Å². The monoisotopic (exact) mass is 157 g/mol. The molecule has 0 aromatic carbocycles. The van der Waals surface area contributed by atoms with Crippen LogP contribution in [-0.2, 0) is 0 Å². The normalized spacial score (nSPS) is 45.8. The van der Waals surface area contributed by atoms with Crippen LogP contribution in [0.15, 0.2) is 0 Å². The lowest BCUT2D eigenvalue weighted by atomic mass is 9.76. The van der Waals surface area contributed by atoms with E-state index in [0.717, 1.165) is 25.2 Å². The van der Waals surface area contributed by atoms with E-state index in [1.165, 1.54) is 6.42 Å². The summed E-state index contributed by atoms with van der Waals surface area (Å²) in [6.07, 6.45) is 4.19. The van der Waals surface area contributed by atoms with Crippen molar-refractivity contribution in [2.75, 3.05) is 0 Å². The minimum absolute atomic E-state index is 0.0128. The van der Waals surface area contributed by atoms with Gasteiger partial charge in [0.1, 0.15) is 0 Å². The summed E-state index contributed by atoms with van der Waals surface area (Å²) >= 11 is 0. The van der Waals surface area contributed by atoms with Gasteiger partial charge in [0.2, 0.25) is 0 Å². The van der Waals surface area contributed by atoms with Crippen LogP contribution in [0, 0.1) is 5.92 Å². The van der Waals surface area contributed by atoms with Crippen molar-refractivity contribution < 1.29 is 5.11 Å². The smallest absolute Gasteiger partial charge is 0.0770 e. The number of nitrogens with two attached hydrogens (primary N) is 1. The Morgan fingerprint density at radius 1 is 1.64 bits per heavy atom. The fourth-order valence-corrected chi connectivity index (χ4v) is 1.78. The zero-order chi connectivity index (χ0) is 8.48. The third kappa shape index (κ3) is 1.94. The Morgan fingerprint density at radius 3 is 2.73 bits per heavy atom. The van der Waals surface area contributed by atoms with E-state index >= 15 is 0 Å². The van der Waals surface area contributed by atoms with Crippen molar-refractivity contribution in [1.82, 2.24) is 0 Å². The Bertz CT molecular complexity index is 134. The molecule has 0 radical (unpaired) electrons. The molecule has 11 heavy (non-hydrogen) atoms. The summed E-state index contributed by atoms with van der Waals surface area (Å²) in [6, 6.07) is -0.0128. The summed E-state index contributed by atoms with van der Waals surface area (Å²) in [5.41, 5.74) is 5.22. The molecule has 1 fully saturated rings. The van der Waals surface area contributed by atoms with E-state index in [9.17, 15) is 5.11 Å². The molecule has 0 aliphatic heterocycles. The topological polar surface area (TPSA) is 46.2 Å².